The van der Waals surface area contributed by atoms with Gasteiger partial charge in [-0.05, 0) is 36.4 Å². The average Bonchev–Trinajstić information content (AvgIpc) is 2.92. The number of carbonyl (C=O) groups is 3. The van der Waals surface area contributed by atoms with Crippen LogP contribution in [0.15, 0.2) is 53.4 Å². The van der Waals surface area contributed by atoms with Gasteiger partial charge >= 0.3 is 12.2 Å². The van der Waals surface area contributed by atoms with Crippen LogP contribution in [0.4, 0.5) is 29.3 Å². The highest BCUT2D eigenvalue weighted by Crippen LogP contribution is 2.38. The lowest BCUT2D eigenvalue weighted by Gasteiger charge is -2.29. The number of sulfonamides is 1. The SMILES string of the molecule is CC(=O)Nc1ccc(S(=O)(=O)NC2(C(F)(F)F)NC(=O)N(c3ccccc3Cl)C2=O)cc1. The highest BCUT2D eigenvalue weighted by Gasteiger charge is 2.70. The van der Waals surface area contributed by atoms with E-state index in [9.17, 15) is 36.0 Å². The zero-order valence-corrected chi connectivity index (χ0v) is 17.6. The highest BCUT2D eigenvalue weighted by molar-refractivity contribution is 7.89. The number of alkyl halides is 3. The minimum atomic E-state index is -5.56. The van der Waals surface area contributed by atoms with Gasteiger partial charge < -0.3 is 10.6 Å². The standard InChI is InChI=1S/C18H14ClF3N4O5S/c1-10(27)23-11-6-8-12(9-7-11)32(30,31)25-17(18(20,21)22)15(28)26(16(29)24-17)14-5-3-2-4-13(14)19/h2-9,25H,1H3,(H,23,27)(H,24,29). The quantitative estimate of drug-likeness (QED) is 0.556. The van der Waals surface area contributed by atoms with Crippen LogP contribution >= 0.6 is 11.6 Å². The Balaban J connectivity index is 2.02. The van der Waals surface area contributed by atoms with Gasteiger partial charge in [0, 0.05) is 12.6 Å². The Morgan fingerprint density at radius 2 is 1.69 bits per heavy atom. The van der Waals surface area contributed by atoms with Crippen LogP contribution in [0.2, 0.25) is 5.02 Å². The van der Waals surface area contributed by atoms with Crippen LogP contribution in [0.5, 0.6) is 0 Å². The number of amides is 4. The van der Waals surface area contributed by atoms with Gasteiger partial charge in [-0.2, -0.15) is 17.9 Å². The summed E-state index contributed by atoms with van der Waals surface area (Å²) in [5, 5.41) is 3.57. The van der Waals surface area contributed by atoms with Crippen molar-refractivity contribution in [1.29, 1.82) is 0 Å². The number of hydrogen-bond acceptors (Lipinski definition) is 5. The van der Waals surface area contributed by atoms with E-state index in [1.54, 1.807) is 0 Å². The zero-order valence-electron chi connectivity index (χ0n) is 16.0. The van der Waals surface area contributed by atoms with Crippen molar-refractivity contribution in [3.63, 3.8) is 0 Å². The van der Waals surface area contributed by atoms with Crippen molar-refractivity contribution >= 4 is 50.8 Å². The number of para-hydroxylation sites is 1. The Morgan fingerprint density at radius 3 is 2.22 bits per heavy atom. The summed E-state index contributed by atoms with van der Waals surface area (Å²) in [4.78, 5) is 35.7. The Kier molecular flexibility index (Phi) is 5.93. The van der Waals surface area contributed by atoms with Crippen molar-refractivity contribution < 1.29 is 36.0 Å². The summed E-state index contributed by atoms with van der Waals surface area (Å²) in [6, 6.07) is 7.72. The molecule has 2 aromatic carbocycles. The van der Waals surface area contributed by atoms with Crippen LogP contribution in [0.1, 0.15) is 6.92 Å². The van der Waals surface area contributed by atoms with Crippen molar-refractivity contribution in [2.75, 3.05) is 10.2 Å². The molecule has 1 aliphatic heterocycles. The molecule has 32 heavy (non-hydrogen) atoms. The third-order valence-electron chi connectivity index (χ3n) is 4.31. The predicted octanol–water partition coefficient (Wildman–Crippen LogP) is 2.59. The number of urea groups is 1. The number of rotatable bonds is 5. The molecule has 4 amide bonds. The third kappa shape index (κ3) is 4.13. The molecule has 170 valence electrons. The molecule has 3 rings (SSSR count). The molecule has 1 unspecified atom stereocenters. The molecular weight excluding hydrogens is 477 g/mol. The van der Waals surface area contributed by atoms with E-state index >= 15 is 0 Å². The smallest absolute Gasteiger partial charge is 0.326 e. The van der Waals surface area contributed by atoms with E-state index in [0.29, 0.717) is 0 Å². The first-order chi connectivity index (χ1) is 14.8. The molecule has 1 fully saturated rings. The van der Waals surface area contributed by atoms with Gasteiger partial charge in [-0.3, -0.25) is 9.59 Å². The molecule has 2 aromatic rings. The van der Waals surface area contributed by atoms with Crippen LogP contribution in [-0.4, -0.2) is 38.1 Å². The van der Waals surface area contributed by atoms with Gasteiger partial charge in [0.1, 0.15) is 0 Å². The first-order valence-corrected chi connectivity index (χ1v) is 10.5. The first-order valence-electron chi connectivity index (χ1n) is 8.68. The fourth-order valence-electron chi connectivity index (χ4n) is 2.88. The van der Waals surface area contributed by atoms with E-state index in [0.717, 1.165) is 30.3 Å². The van der Waals surface area contributed by atoms with Gasteiger partial charge in [0.05, 0.1) is 15.6 Å². The molecule has 1 aliphatic rings. The maximum atomic E-state index is 14.0. The number of benzene rings is 2. The molecule has 1 atom stereocenters. The van der Waals surface area contributed by atoms with Gasteiger partial charge in [0.25, 0.3) is 11.6 Å². The number of halogens is 4. The lowest BCUT2D eigenvalue weighted by atomic mass is 10.1. The molecule has 0 saturated carbocycles. The molecule has 9 nitrogen and oxygen atoms in total. The molecule has 1 saturated heterocycles. The van der Waals surface area contributed by atoms with E-state index in [4.69, 9.17) is 11.6 Å². The Hall–Kier alpha value is -3.16. The van der Waals surface area contributed by atoms with E-state index < -0.39 is 44.6 Å². The van der Waals surface area contributed by atoms with Crippen LogP contribution in [-0.2, 0) is 19.6 Å². The third-order valence-corrected chi connectivity index (χ3v) is 6.10. The van der Waals surface area contributed by atoms with E-state index in [1.807, 2.05) is 0 Å². The summed E-state index contributed by atoms with van der Waals surface area (Å²) < 4.78 is 68.7. The maximum Gasteiger partial charge on any atom is 0.435 e. The molecule has 0 aromatic heterocycles. The summed E-state index contributed by atoms with van der Waals surface area (Å²) in [5.41, 5.74) is -4.14. The molecule has 0 aliphatic carbocycles. The number of anilines is 2. The summed E-state index contributed by atoms with van der Waals surface area (Å²) >= 11 is 5.90. The first kappa shape index (κ1) is 23.5. The minimum absolute atomic E-state index is 0.109. The van der Waals surface area contributed by atoms with Gasteiger partial charge in [0.2, 0.25) is 15.9 Å². The highest BCUT2D eigenvalue weighted by atomic mass is 35.5. The summed E-state index contributed by atoms with van der Waals surface area (Å²) in [7, 11) is -4.98. The number of nitrogens with one attached hydrogen (secondary N) is 3. The van der Waals surface area contributed by atoms with E-state index in [2.05, 4.69) is 5.32 Å². The van der Waals surface area contributed by atoms with Gasteiger partial charge in [-0.25, -0.2) is 18.1 Å². The van der Waals surface area contributed by atoms with E-state index in [1.165, 1.54) is 35.2 Å². The van der Waals surface area contributed by atoms with Crippen molar-refractivity contribution in [2.45, 2.75) is 23.7 Å². The zero-order chi connectivity index (χ0) is 23.9. The number of carbonyl (C=O) groups excluding carboxylic acids is 3. The second-order valence-electron chi connectivity index (χ2n) is 6.58. The predicted molar refractivity (Wildman–Crippen MR) is 107 cm³/mol. The maximum absolute atomic E-state index is 14.0. The number of imide groups is 1. The molecule has 3 N–H and O–H groups in total. The van der Waals surface area contributed by atoms with E-state index in [-0.39, 0.29) is 21.3 Å². The number of hydrogen-bond donors (Lipinski definition) is 3. The molecule has 0 spiro atoms. The van der Waals surface area contributed by atoms with Crippen molar-refractivity contribution in [3.8, 4) is 0 Å². The minimum Gasteiger partial charge on any atom is -0.326 e. The lowest BCUT2D eigenvalue weighted by molar-refractivity contribution is -0.194. The fraction of sp³-hybridized carbons (Fsp3) is 0.167. The van der Waals surface area contributed by atoms with Gasteiger partial charge in [-0.15, -0.1) is 0 Å². The number of nitrogens with zero attached hydrogens (tertiary/aromatic N) is 1. The summed E-state index contributed by atoms with van der Waals surface area (Å²) in [6.45, 7) is 1.21. The topological polar surface area (TPSA) is 125 Å². The molecule has 14 heteroatoms. The monoisotopic (exact) mass is 490 g/mol. The fourth-order valence-corrected chi connectivity index (χ4v) is 4.37. The Bertz CT molecular complexity index is 1200. The Labute approximate surface area is 184 Å². The second-order valence-corrected chi connectivity index (χ2v) is 8.67. The van der Waals surface area contributed by atoms with Crippen LogP contribution in [0.25, 0.3) is 0 Å². The van der Waals surface area contributed by atoms with Crippen molar-refractivity contribution in [2.24, 2.45) is 0 Å². The average molecular weight is 491 g/mol. The molecule has 1 heterocycles. The normalized spacial score (nSPS) is 19.1. The molecule has 0 radical (unpaired) electrons. The second kappa shape index (κ2) is 8.07. The Morgan fingerprint density at radius 1 is 1.09 bits per heavy atom. The van der Waals surface area contributed by atoms with Crippen LogP contribution < -0.4 is 20.3 Å². The van der Waals surface area contributed by atoms with Crippen molar-refractivity contribution in [3.05, 3.63) is 53.6 Å². The largest absolute Gasteiger partial charge is 0.435 e. The van der Waals surface area contributed by atoms with Crippen LogP contribution in [0, 0.1) is 0 Å². The lowest BCUT2D eigenvalue weighted by Crippen LogP contribution is -2.69. The van der Waals surface area contributed by atoms with Crippen LogP contribution in [0.3, 0.4) is 0 Å². The molecular formula is C18H14ClF3N4O5S. The summed E-state index contributed by atoms with van der Waals surface area (Å²) in [5.74, 6) is -2.38. The molecule has 0 bridgehead atoms. The van der Waals surface area contributed by atoms with Crippen molar-refractivity contribution in [1.82, 2.24) is 10.0 Å². The summed E-state index contributed by atoms with van der Waals surface area (Å²) in [6.07, 6.45) is -5.56. The van der Waals surface area contributed by atoms with Gasteiger partial charge in [0.15, 0.2) is 0 Å². The van der Waals surface area contributed by atoms with Gasteiger partial charge in [-0.1, -0.05) is 23.7 Å².